The Morgan fingerprint density at radius 1 is 0.710 bits per heavy atom. The van der Waals surface area contributed by atoms with Crippen LogP contribution >= 0.6 is 0 Å². The summed E-state index contributed by atoms with van der Waals surface area (Å²) in [5.41, 5.74) is 0.222. The fourth-order valence-corrected chi connectivity index (χ4v) is 4.04. The van der Waals surface area contributed by atoms with Crippen LogP contribution in [0.4, 0.5) is 0 Å². The first-order valence-electron chi connectivity index (χ1n) is 9.64. The lowest BCUT2D eigenvalue weighted by molar-refractivity contribution is 0.462. The highest BCUT2D eigenvalue weighted by molar-refractivity contribution is 5.88. The van der Waals surface area contributed by atoms with Gasteiger partial charge in [0.25, 0.3) is 11.1 Å². The predicted octanol–water partition coefficient (Wildman–Crippen LogP) is 3.36. The molecule has 5 aromatic rings. The van der Waals surface area contributed by atoms with E-state index in [9.17, 15) is 19.8 Å². The van der Waals surface area contributed by atoms with Crippen LogP contribution in [-0.2, 0) is 0 Å². The maximum absolute atomic E-state index is 13.1. The van der Waals surface area contributed by atoms with Crippen molar-refractivity contribution >= 4 is 21.8 Å². The highest BCUT2D eigenvalue weighted by Gasteiger charge is 2.30. The van der Waals surface area contributed by atoms with Gasteiger partial charge in [0.15, 0.2) is 0 Å². The molecule has 0 bridgehead atoms. The third-order valence-electron chi connectivity index (χ3n) is 5.46. The summed E-state index contributed by atoms with van der Waals surface area (Å²) in [6.07, 6.45) is 3.07. The van der Waals surface area contributed by atoms with E-state index in [1.165, 1.54) is 6.20 Å². The molecule has 2 aromatic carbocycles. The second kappa shape index (κ2) is 7.14. The Kier molecular flexibility index (Phi) is 4.29. The summed E-state index contributed by atoms with van der Waals surface area (Å²) in [6.45, 7) is 0. The number of nitrogens with zero attached hydrogens (tertiary/aromatic N) is 1. The van der Waals surface area contributed by atoms with Gasteiger partial charge in [0.2, 0.25) is 0 Å². The van der Waals surface area contributed by atoms with Crippen LogP contribution in [0.1, 0.15) is 22.6 Å². The largest absolute Gasteiger partial charge is 0.507 e. The molecule has 0 saturated heterocycles. The van der Waals surface area contributed by atoms with Crippen molar-refractivity contribution in [2.45, 2.75) is 5.92 Å². The lowest BCUT2D eigenvalue weighted by Crippen LogP contribution is -2.24. The first-order chi connectivity index (χ1) is 15.1. The van der Waals surface area contributed by atoms with Gasteiger partial charge in [-0.25, -0.2) is 0 Å². The zero-order valence-electron chi connectivity index (χ0n) is 16.2. The van der Waals surface area contributed by atoms with Crippen molar-refractivity contribution in [3.63, 3.8) is 0 Å². The third-order valence-corrected chi connectivity index (χ3v) is 5.46. The monoisotopic (exact) mass is 411 g/mol. The molecule has 7 nitrogen and oxygen atoms in total. The van der Waals surface area contributed by atoms with Crippen molar-refractivity contribution in [3.8, 4) is 11.5 Å². The maximum atomic E-state index is 13.1. The molecule has 0 atom stereocenters. The minimum absolute atomic E-state index is 0.0391. The third kappa shape index (κ3) is 2.95. The average Bonchev–Trinajstić information content (AvgIpc) is 2.78. The Balaban J connectivity index is 1.91. The number of pyridine rings is 3. The van der Waals surface area contributed by atoms with E-state index in [0.717, 1.165) is 0 Å². The van der Waals surface area contributed by atoms with E-state index in [-0.39, 0.29) is 22.6 Å². The van der Waals surface area contributed by atoms with Crippen LogP contribution in [0.2, 0.25) is 0 Å². The van der Waals surface area contributed by atoms with Crippen molar-refractivity contribution in [3.05, 3.63) is 110 Å². The van der Waals surface area contributed by atoms with Gasteiger partial charge in [0, 0.05) is 23.2 Å². The molecule has 0 unspecified atom stereocenters. The second-order valence-electron chi connectivity index (χ2n) is 7.24. The lowest BCUT2D eigenvalue weighted by Gasteiger charge is -2.20. The van der Waals surface area contributed by atoms with E-state index in [0.29, 0.717) is 27.4 Å². The molecule has 0 aliphatic heterocycles. The highest BCUT2D eigenvalue weighted by atomic mass is 16.3. The number of nitrogens with one attached hydrogen (secondary N) is 2. The zero-order valence-corrected chi connectivity index (χ0v) is 16.2. The van der Waals surface area contributed by atoms with Crippen LogP contribution in [-0.4, -0.2) is 25.2 Å². The molecule has 152 valence electrons. The number of aromatic amines is 2. The number of aromatic hydroxyl groups is 2. The molecular weight excluding hydrogens is 394 g/mol. The molecule has 0 saturated carbocycles. The number of hydrogen-bond acceptors (Lipinski definition) is 5. The normalized spacial score (nSPS) is 11.4. The Labute approximate surface area is 175 Å². The standard InChI is InChI=1S/C24H17N3O4/c28-21-14-7-1-3-9-16(14)26-23(30)19(21)18(13-6-5-11-25-12-13)20-22(29)15-8-2-4-10-17(15)27-24(20)31/h1-12,18H,(H2,26,28,30)(H2,27,29,31). The Morgan fingerprint density at radius 2 is 1.23 bits per heavy atom. The Morgan fingerprint density at radius 3 is 1.71 bits per heavy atom. The van der Waals surface area contributed by atoms with Gasteiger partial charge in [-0.05, 0) is 35.9 Å². The maximum Gasteiger partial charge on any atom is 0.256 e. The van der Waals surface area contributed by atoms with Crippen molar-refractivity contribution in [2.75, 3.05) is 0 Å². The molecule has 0 aliphatic rings. The molecule has 0 radical (unpaired) electrons. The summed E-state index contributed by atoms with van der Waals surface area (Å²) < 4.78 is 0. The topological polar surface area (TPSA) is 119 Å². The van der Waals surface area contributed by atoms with Crippen LogP contribution in [0.3, 0.4) is 0 Å². The van der Waals surface area contributed by atoms with E-state index in [2.05, 4.69) is 15.0 Å². The summed E-state index contributed by atoms with van der Waals surface area (Å²) in [4.78, 5) is 35.8. The lowest BCUT2D eigenvalue weighted by atomic mass is 9.85. The van der Waals surface area contributed by atoms with Gasteiger partial charge in [0.05, 0.1) is 28.1 Å². The SMILES string of the molecule is O=c1[nH]c2ccccc2c(O)c1C(c1cccnc1)c1c(O)c2ccccc2[nH]c1=O. The predicted molar refractivity (Wildman–Crippen MR) is 118 cm³/mol. The van der Waals surface area contributed by atoms with E-state index in [4.69, 9.17) is 0 Å². The van der Waals surface area contributed by atoms with Crippen LogP contribution in [0.15, 0.2) is 82.6 Å². The second-order valence-corrected chi connectivity index (χ2v) is 7.24. The molecule has 0 fully saturated rings. The Bertz CT molecular complexity index is 1460. The zero-order chi connectivity index (χ0) is 21.5. The van der Waals surface area contributed by atoms with Crippen LogP contribution in [0.25, 0.3) is 21.8 Å². The molecule has 0 spiro atoms. The van der Waals surface area contributed by atoms with E-state index < -0.39 is 17.0 Å². The molecule has 5 rings (SSSR count). The minimum Gasteiger partial charge on any atom is -0.507 e. The van der Waals surface area contributed by atoms with Crippen LogP contribution < -0.4 is 11.1 Å². The van der Waals surface area contributed by atoms with Crippen molar-refractivity contribution in [2.24, 2.45) is 0 Å². The summed E-state index contributed by atoms with van der Waals surface area (Å²) in [5.74, 6) is -1.55. The van der Waals surface area contributed by atoms with Crippen LogP contribution in [0.5, 0.6) is 11.5 Å². The van der Waals surface area contributed by atoms with Crippen molar-refractivity contribution in [1.82, 2.24) is 15.0 Å². The fraction of sp³-hybridized carbons (Fsp3) is 0.0417. The quantitative estimate of drug-likeness (QED) is 0.363. The number of para-hydroxylation sites is 2. The van der Waals surface area contributed by atoms with Gasteiger partial charge in [-0.3, -0.25) is 14.6 Å². The van der Waals surface area contributed by atoms with E-state index >= 15 is 0 Å². The number of fused-ring (bicyclic) bond motifs is 2. The summed E-state index contributed by atoms with van der Waals surface area (Å²) in [6, 6.07) is 17.0. The number of rotatable bonds is 3. The van der Waals surface area contributed by atoms with Gasteiger partial charge in [0.1, 0.15) is 11.5 Å². The molecule has 7 heteroatoms. The van der Waals surface area contributed by atoms with Crippen molar-refractivity contribution in [1.29, 1.82) is 0 Å². The van der Waals surface area contributed by atoms with Gasteiger partial charge in [-0.15, -0.1) is 0 Å². The van der Waals surface area contributed by atoms with Gasteiger partial charge < -0.3 is 20.2 Å². The highest BCUT2D eigenvalue weighted by Crippen LogP contribution is 2.40. The number of benzene rings is 2. The molecule has 0 amide bonds. The molecule has 3 heterocycles. The summed E-state index contributed by atoms with van der Waals surface area (Å²) >= 11 is 0. The molecule has 3 aromatic heterocycles. The van der Waals surface area contributed by atoms with Gasteiger partial charge in [-0.1, -0.05) is 30.3 Å². The van der Waals surface area contributed by atoms with Gasteiger partial charge >= 0.3 is 0 Å². The molecule has 0 aliphatic carbocycles. The smallest absolute Gasteiger partial charge is 0.256 e. The Hall–Kier alpha value is -4.39. The molecule has 31 heavy (non-hydrogen) atoms. The minimum atomic E-state index is -1.05. The van der Waals surface area contributed by atoms with E-state index in [1.54, 1.807) is 66.9 Å². The van der Waals surface area contributed by atoms with E-state index in [1.807, 2.05) is 0 Å². The first kappa shape index (κ1) is 18.6. The number of aromatic nitrogens is 3. The average molecular weight is 411 g/mol. The number of H-pyrrole nitrogens is 2. The van der Waals surface area contributed by atoms with Crippen molar-refractivity contribution < 1.29 is 10.2 Å². The van der Waals surface area contributed by atoms with Gasteiger partial charge in [-0.2, -0.15) is 0 Å². The molecular formula is C24H17N3O4. The van der Waals surface area contributed by atoms with Crippen LogP contribution in [0, 0.1) is 0 Å². The summed E-state index contributed by atoms with van der Waals surface area (Å²) in [5, 5.41) is 23.0. The summed E-state index contributed by atoms with van der Waals surface area (Å²) in [7, 11) is 0. The molecule has 4 N–H and O–H groups in total. The number of hydrogen-bond donors (Lipinski definition) is 4. The fourth-order valence-electron chi connectivity index (χ4n) is 4.04. The first-order valence-corrected chi connectivity index (χ1v) is 9.64.